The fraction of sp³-hybridized carbons (Fsp3) is 0.500. The Bertz CT molecular complexity index is 232. The van der Waals surface area contributed by atoms with Gasteiger partial charge in [-0.2, -0.15) is 5.26 Å². The quantitative estimate of drug-likeness (QED) is 0.572. The standard InChI is InChI=1S/C6H7N3OS/c7-2-1-3-9-4-5(10)8-6(9)11/h1,3-4H2,(H,8,10,11). The molecule has 0 aromatic heterocycles. The SMILES string of the molecule is N#CCCN1CC(=O)NC1=S. The van der Waals surface area contributed by atoms with Gasteiger partial charge in [-0.3, -0.25) is 4.79 Å². The van der Waals surface area contributed by atoms with Gasteiger partial charge >= 0.3 is 0 Å². The summed E-state index contributed by atoms with van der Waals surface area (Å²) in [5.74, 6) is -0.0899. The minimum Gasteiger partial charge on any atom is -0.339 e. The van der Waals surface area contributed by atoms with Crippen LogP contribution >= 0.6 is 12.2 Å². The van der Waals surface area contributed by atoms with Crippen LogP contribution in [0.2, 0.25) is 0 Å². The second-order valence-electron chi connectivity index (χ2n) is 2.18. The van der Waals surface area contributed by atoms with Crippen molar-refractivity contribution in [3.05, 3.63) is 0 Å². The third-order valence-electron chi connectivity index (χ3n) is 1.36. The van der Waals surface area contributed by atoms with Crippen LogP contribution in [-0.4, -0.2) is 29.0 Å². The fourth-order valence-electron chi connectivity index (χ4n) is 0.849. The van der Waals surface area contributed by atoms with E-state index in [-0.39, 0.29) is 5.91 Å². The maximum Gasteiger partial charge on any atom is 0.245 e. The van der Waals surface area contributed by atoms with Gasteiger partial charge in [-0.05, 0) is 12.2 Å². The summed E-state index contributed by atoms with van der Waals surface area (Å²) in [6, 6.07) is 1.99. The summed E-state index contributed by atoms with van der Waals surface area (Å²) in [5.41, 5.74) is 0. The van der Waals surface area contributed by atoms with Gasteiger partial charge in [0.05, 0.1) is 19.0 Å². The van der Waals surface area contributed by atoms with Gasteiger partial charge in [-0.25, -0.2) is 0 Å². The average Bonchev–Trinajstić information content (AvgIpc) is 2.26. The molecule has 1 rings (SSSR count). The molecule has 0 radical (unpaired) electrons. The van der Waals surface area contributed by atoms with E-state index in [1.54, 1.807) is 4.90 Å². The minimum atomic E-state index is -0.0899. The maximum absolute atomic E-state index is 10.7. The highest BCUT2D eigenvalue weighted by molar-refractivity contribution is 7.80. The molecule has 1 aliphatic heterocycles. The third kappa shape index (κ3) is 1.88. The van der Waals surface area contributed by atoms with E-state index in [1.165, 1.54) is 0 Å². The molecule has 58 valence electrons. The Labute approximate surface area is 69.8 Å². The molecule has 11 heavy (non-hydrogen) atoms. The number of nitrogens with one attached hydrogen (secondary N) is 1. The molecule has 0 aromatic rings. The van der Waals surface area contributed by atoms with Crippen LogP contribution in [0.25, 0.3) is 0 Å². The maximum atomic E-state index is 10.7. The zero-order valence-electron chi connectivity index (χ0n) is 5.83. The van der Waals surface area contributed by atoms with Gasteiger partial charge in [0.25, 0.3) is 0 Å². The Hall–Kier alpha value is -1.15. The molecule has 1 fully saturated rings. The van der Waals surface area contributed by atoms with E-state index in [9.17, 15) is 4.79 Å². The largest absolute Gasteiger partial charge is 0.339 e. The van der Waals surface area contributed by atoms with Crippen LogP contribution in [-0.2, 0) is 4.79 Å². The highest BCUT2D eigenvalue weighted by Crippen LogP contribution is 1.98. The summed E-state index contributed by atoms with van der Waals surface area (Å²) >= 11 is 4.82. The lowest BCUT2D eigenvalue weighted by Crippen LogP contribution is -2.28. The van der Waals surface area contributed by atoms with Gasteiger partial charge in [0.15, 0.2) is 5.11 Å². The van der Waals surface area contributed by atoms with Gasteiger partial charge < -0.3 is 10.2 Å². The Morgan fingerprint density at radius 3 is 3.00 bits per heavy atom. The number of hydrogen-bond donors (Lipinski definition) is 1. The number of rotatable bonds is 2. The smallest absolute Gasteiger partial charge is 0.245 e. The highest BCUT2D eigenvalue weighted by Gasteiger charge is 2.21. The molecule has 5 heteroatoms. The first-order valence-corrected chi connectivity index (χ1v) is 3.60. The van der Waals surface area contributed by atoms with Crippen molar-refractivity contribution >= 4 is 23.2 Å². The Kier molecular flexibility index (Phi) is 2.39. The molecular weight excluding hydrogens is 162 g/mol. The summed E-state index contributed by atoms with van der Waals surface area (Å²) in [6.07, 6.45) is 0.398. The lowest BCUT2D eigenvalue weighted by atomic mass is 10.4. The monoisotopic (exact) mass is 169 g/mol. The second kappa shape index (κ2) is 3.30. The van der Waals surface area contributed by atoms with Crippen molar-refractivity contribution in [1.82, 2.24) is 10.2 Å². The third-order valence-corrected chi connectivity index (χ3v) is 1.72. The highest BCUT2D eigenvalue weighted by atomic mass is 32.1. The molecule has 4 nitrogen and oxygen atoms in total. The van der Waals surface area contributed by atoms with Crippen LogP contribution in [0, 0.1) is 11.3 Å². The van der Waals surface area contributed by atoms with Crippen molar-refractivity contribution in [2.45, 2.75) is 6.42 Å². The lowest BCUT2D eigenvalue weighted by Gasteiger charge is -2.11. The van der Waals surface area contributed by atoms with E-state index in [0.717, 1.165) is 0 Å². The van der Waals surface area contributed by atoms with Crippen molar-refractivity contribution in [2.24, 2.45) is 0 Å². The van der Waals surface area contributed by atoms with Gasteiger partial charge in [0.1, 0.15) is 0 Å². The van der Waals surface area contributed by atoms with E-state index < -0.39 is 0 Å². The first kappa shape index (κ1) is 7.95. The Morgan fingerprint density at radius 1 is 1.82 bits per heavy atom. The van der Waals surface area contributed by atoms with Crippen molar-refractivity contribution in [1.29, 1.82) is 5.26 Å². The molecule has 1 heterocycles. The zero-order chi connectivity index (χ0) is 8.27. The van der Waals surface area contributed by atoms with Gasteiger partial charge in [0.2, 0.25) is 5.91 Å². The van der Waals surface area contributed by atoms with Gasteiger partial charge in [0, 0.05) is 6.54 Å². The van der Waals surface area contributed by atoms with Crippen molar-refractivity contribution in [2.75, 3.05) is 13.1 Å². The molecule has 1 amide bonds. The summed E-state index contributed by atoms with van der Waals surface area (Å²) in [6.45, 7) is 0.828. The number of carbonyl (C=O) groups is 1. The molecular formula is C6H7N3OS. The topological polar surface area (TPSA) is 56.1 Å². The molecule has 0 saturated carbocycles. The van der Waals surface area contributed by atoms with Crippen molar-refractivity contribution in [3.8, 4) is 6.07 Å². The van der Waals surface area contributed by atoms with E-state index in [4.69, 9.17) is 17.5 Å². The molecule has 0 spiro atoms. The van der Waals surface area contributed by atoms with Gasteiger partial charge in [-0.15, -0.1) is 0 Å². The molecule has 0 bridgehead atoms. The molecule has 1 N–H and O–H groups in total. The summed E-state index contributed by atoms with van der Waals surface area (Å²) in [4.78, 5) is 12.4. The number of carbonyl (C=O) groups excluding carboxylic acids is 1. The first-order valence-electron chi connectivity index (χ1n) is 3.20. The normalized spacial score (nSPS) is 16.5. The number of nitriles is 1. The molecule has 0 atom stereocenters. The Balaban J connectivity index is 2.42. The summed E-state index contributed by atoms with van der Waals surface area (Å²) in [5, 5.41) is 11.2. The van der Waals surface area contributed by atoms with E-state index in [2.05, 4.69) is 5.32 Å². The first-order chi connectivity index (χ1) is 5.24. The predicted molar refractivity (Wildman–Crippen MR) is 42.5 cm³/mol. The van der Waals surface area contributed by atoms with E-state index in [0.29, 0.717) is 24.6 Å². The number of amides is 1. The molecule has 0 aliphatic carbocycles. The van der Waals surface area contributed by atoms with E-state index in [1.807, 2.05) is 6.07 Å². The minimum absolute atomic E-state index is 0.0899. The van der Waals surface area contributed by atoms with Crippen LogP contribution in [0.1, 0.15) is 6.42 Å². The fourth-order valence-corrected chi connectivity index (χ4v) is 1.12. The average molecular weight is 169 g/mol. The van der Waals surface area contributed by atoms with Crippen molar-refractivity contribution in [3.63, 3.8) is 0 Å². The predicted octanol–water partition coefficient (Wildman–Crippen LogP) is -0.383. The van der Waals surface area contributed by atoms with Crippen LogP contribution in [0.15, 0.2) is 0 Å². The second-order valence-corrected chi connectivity index (χ2v) is 2.57. The van der Waals surface area contributed by atoms with Crippen LogP contribution in [0.3, 0.4) is 0 Å². The van der Waals surface area contributed by atoms with Crippen LogP contribution < -0.4 is 5.32 Å². The van der Waals surface area contributed by atoms with Gasteiger partial charge in [-0.1, -0.05) is 0 Å². The number of thiocarbonyl (C=S) groups is 1. The number of nitrogens with zero attached hydrogens (tertiary/aromatic N) is 2. The van der Waals surface area contributed by atoms with Crippen LogP contribution in [0.5, 0.6) is 0 Å². The van der Waals surface area contributed by atoms with Crippen molar-refractivity contribution < 1.29 is 4.79 Å². The molecule has 1 saturated heterocycles. The summed E-state index contributed by atoms with van der Waals surface area (Å²) < 4.78 is 0. The van der Waals surface area contributed by atoms with Crippen LogP contribution in [0.4, 0.5) is 0 Å². The molecule has 0 aromatic carbocycles. The molecule has 0 unspecified atom stereocenters. The lowest BCUT2D eigenvalue weighted by molar-refractivity contribution is -0.118. The zero-order valence-corrected chi connectivity index (χ0v) is 6.65. The molecule has 1 aliphatic rings. The summed E-state index contributed by atoms with van der Waals surface area (Å²) in [7, 11) is 0. The van der Waals surface area contributed by atoms with E-state index >= 15 is 0 Å². The Morgan fingerprint density at radius 2 is 2.55 bits per heavy atom. The number of hydrogen-bond acceptors (Lipinski definition) is 3.